The van der Waals surface area contributed by atoms with Gasteiger partial charge in [-0.1, -0.05) is 296 Å². The third kappa shape index (κ3) is 46.2. The zero-order chi connectivity index (χ0) is 46.7. The molecule has 0 bridgehead atoms. The first-order valence-corrected chi connectivity index (χ1v) is 29.1. The Bertz CT molecular complexity index is 928. The summed E-state index contributed by atoms with van der Waals surface area (Å²) in [5.74, 6) is -0.586. The van der Waals surface area contributed by atoms with E-state index in [1.54, 1.807) is 0 Å². The summed E-state index contributed by atoms with van der Waals surface area (Å²) in [4.78, 5) is 12.6. The molecule has 4 atom stereocenters. The van der Waals surface area contributed by atoms with Crippen molar-refractivity contribution >= 4 is 5.91 Å². The SMILES string of the molecule is CCCCCCCCCCCCCCCCCCCCCCCC/C=C/CCCC(O)C(O)C(CO)NC(=O)C(O)CCCCCCCCCCCCCCCCCCCCCCC. The summed E-state index contributed by atoms with van der Waals surface area (Å²) < 4.78 is 0. The fourth-order valence-corrected chi connectivity index (χ4v) is 9.41. The lowest BCUT2D eigenvalue weighted by Gasteiger charge is -2.27. The van der Waals surface area contributed by atoms with Crippen molar-refractivity contribution in [3.63, 3.8) is 0 Å². The van der Waals surface area contributed by atoms with Gasteiger partial charge in [0.15, 0.2) is 0 Å². The standard InChI is InChI=1S/C58H115NO5/c1-3-5-7-9-11-13-15-17-19-21-23-25-26-27-28-29-30-32-33-35-37-39-41-43-45-47-49-51-55(61)57(63)54(53-60)59-58(64)56(62)52-50-48-46-44-42-40-38-36-34-31-24-22-20-18-16-14-12-10-8-6-4-2/h43,45,54-57,60-63H,3-42,44,46-53H2,1-2H3,(H,59,64)/b45-43+. The number of carbonyl (C=O) groups excluding carboxylic acids is 1. The monoisotopic (exact) mass is 906 g/mol. The van der Waals surface area contributed by atoms with E-state index >= 15 is 0 Å². The van der Waals surface area contributed by atoms with Gasteiger partial charge in [0.1, 0.15) is 12.2 Å². The van der Waals surface area contributed by atoms with Crippen LogP contribution in [-0.4, -0.2) is 57.3 Å². The van der Waals surface area contributed by atoms with E-state index in [2.05, 4.69) is 31.3 Å². The van der Waals surface area contributed by atoms with Crippen LogP contribution in [0.4, 0.5) is 0 Å². The van der Waals surface area contributed by atoms with Crippen molar-refractivity contribution in [3.05, 3.63) is 12.2 Å². The van der Waals surface area contributed by atoms with Crippen LogP contribution in [0.3, 0.4) is 0 Å². The van der Waals surface area contributed by atoms with E-state index in [1.807, 2.05) is 0 Å². The second kappa shape index (κ2) is 53.0. The molecular formula is C58H115NO5. The lowest BCUT2D eigenvalue weighted by Crippen LogP contribution is -2.53. The molecule has 0 aromatic heterocycles. The predicted octanol–water partition coefficient (Wildman–Crippen LogP) is 16.9. The Labute approximate surface area is 400 Å². The van der Waals surface area contributed by atoms with Gasteiger partial charge in [-0.15, -0.1) is 0 Å². The van der Waals surface area contributed by atoms with Crippen molar-refractivity contribution in [2.24, 2.45) is 0 Å². The molecule has 0 aliphatic heterocycles. The van der Waals surface area contributed by atoms with Gasteiger partial charge in [-0.05, 0) is 38.5 Å². The Hall–Kier alpha value is -0.950. The Morgan fingerprint density at radius 3 is 0.938 bits per heavy atom. The quantitative estimate of drug-likeness (QED) is 0.0308. The average molecular weight is 907 g/mol. The minimum Gasteiger partial charge on any atom is -0.394 e. The Morgan fingerprint density at radius 2 is 0.641 bits per heavy atom. The van der Waals surface area contributed by atoms with E-state index in [9.17, 15) is 25.2 Å². The van der Waals surface area contributed by atoms with E-state index in [0.29, 0.717) is 12.8 Å². The normalized spacial score (nSPS) is 13.8. The minimum absolute atomic E-state index is 0.369. The third-order valence-corrected chi connectivity index (χ3v) is 14.0. The molecule has 0 aliphatic rings. The molecule has 64 heavy (non-hydrogen) atoms. The number of unbranched alkanes of at least 4 members (excludes halogenated alkanes) is 43. The summed E-state index contributed by atoms with van der Waals surface area (Å²) in [5, 5.41) is 44.0. The zero-order valence-electron chi connectivity index (χ0n) is 43.3. The van der Waals surface area contributed by atoms with Crippen LogP contribution in [-0.2, 0) is 4.79 Å². The van der Waals surface area contributed by atoms with Crippen LogP contribution in [0.5, 0.6) is 0 Å². The van der Waals surface area contributed by atoms with Crippen molar-refractivity contribution in [2.75, 3.05) is 6.61 Å². The summed E-state index contributed by atoms with van der Waals surface area (Å²) in [6.45, 7) is 4.09. The number of aliphatic hydroxyl groups is 4. The topological polar surface area (TPSA) is 110 Å². The molecule has 0 saturated carbocycles. The molecule has 0 saturated heterocycles. The fraction of sp³-hybridized carbons (Fsp3) is 0.948. The van der Waals surface area contributed by atoms with Crippen molar-refractivity contribution in [2.45, 2.75) is 346 Å². The van der Waals surface area contributed by atoms with Crippen LogP contribution in [0, 0.1) is 0 Å². The van der Waals surface area contributed by atoms with Crippen LogP contribution < -0.4 is 5.32 Å². The summed E-state index contributed by atoms with van der Waals surface area (Å²) in [7, 11) is 0. The summed E-state index contributed by atoms with van der Waals surface area (Å²) >= 11 is 0. The van der Waals surface area contributed by atoms with Gasteiger partial charge < -0.3 is 25.7 Å². The first kappa shape index (κ1) is 63.0. The van der Waals surface area contributed by atoms with E-state index in [-0.39, 0.29) is 0 Å². The lowest BCUT2D eigenvalue weighted by atomic mass is 10.00. The lowest BCUT2D eigenvalue weighted by molar-refractivity contribution is -0.132. The minimum atomic E-state index is -1.28. The van der Waals surface area contributed by atoms with E-state index in [1.165, 1.54) is 257 Å². The Balaban J connectivity index is 3.61. The van der Waals surface area contributed by atoms with Crippen LogP contribution in [0.15, 0.2) is 12.2 Å². The van der Waals surface area contributed by atoms with E-state index in [0.717, 1.165) is 38.5 Å². The van der Waals surface area contributed by atoms with Gasteiger partial charge in [-0.25, -0.2) is 0 Å². The third-order valence-electron chi connectivity index (χ3n) is 14.0. The molecule has 0 aromatic carbocycles. The number of allylic oxidation sites excluding steroid dienone is 2. The van der Waals surface area contributed by atoms with Crippen molar-refractivity contribution in [3.8, 4) is 0 Å². The fourth-order valence-electron chi connectivity index (χ4n) is 9.41. The molecule has 0 aliphatic carbocycles. The number of aliphatic hydroxyl groups excluding tert-OH is 4. The maximum absolute atomic E-state index is 12.6. The number of rotatable bonds is 54. The van der Waals surface area contributed by atoms with Gasteiger partial charge >= 0.3 is 0 Å². The second-order valence-corrected chi connectivity index (χ2v) is 20.3. The number of hydrogen-bond acceptors (Lipinski definition) is 5. The second-order valence-electron chi connectivity index (χ2n) is 20.3. The van der Waals surface area contributed by atoms with E-state index < -0.39 is 36.9 Å². The number of nitrogens with one attached hydrogen (secondary N) is 1. The molecular weight excluding hydrogens is 791 g/mol. The average Bonchev–Trinajstić information content (AvgIpc) is 3.30. The summed E-state index contributed by atoms with van der Waals surface area (Å²) in [6, 6.07) is -0.999. The summed E-state index contributed by atoms with van der Waals surface area (Å²) in [5.41, 5.74) is 0. The van der Waals surface area contributed by atoms with E-state index in [4.69, 9.17) is 0 Å². The first-order valence-electron chi connectivity index (χ1n) is 29.1. The van der Waals surface area contributed by atoms with Gasteiger partial charge in [0.25, 0.3) is 0 Å². The molecule has 5 N–H and O–H groups in total. The molecule has 0 heterocycles. The number of amides is 1. The van der Waals surface area contributed by atoms with Crippen molar-refractivity contribution in [1.29, 1.82) is 0 Å². The number of hydrogen-bond donors (Lipinski definition) is 5. The van der Waals surface area contributed by atoms with Gasteiger partial charge in [0.2, 0.25) is 5.91 Å². The summed E-state index contributed by atoms with van der Waals surface area (Å²) in [6.07, 6.45) is 62.9. The maximum atomic E-state index is 12.6. The predicted molar refractivity (Wildman–Crippen MR) is 279 cm³/mol. The van der Waals surface area contributed by atoms with Crippen molar-refractivity contribution in [1.82, 2.24) is 5.32 Å². The Kier molecular flexibility index (Phi) is 52.2. The highest BCUT2D eigenvalue weighted by molar-refractivity contribution is 5.80. The van der Waals surface area contributed by atoms with Gasteiger partial charge in [0, 0.05) is 0 Å². The maximum Gasteiger partial charge on any atom is 0.249 e. The highest BCUT2D eigenvalue weighted by atomic mass is 16.3. The molecule has 4 unspecified atom stereocenters. The first-order chi connectivity index (χ1) is 31.5. The largest absolute Gasteiger partial charge is 0.394 e. The Morgan fingerprint density at radius 1 is 0.375 bits per heavy atom. The van der Waals surface area contributed by atoms with Crippen LogP contribution >= 0.6 is 0 Å². The molecule has 0 radical (unpaired) electrons. The van der Waals surface area contributed by atoms with Crippen molar-refractivity contribution < 1.29 is 25.2 Å². The molecule has 0 fully saturated rings. The highest BCUT2D eigenvalue weighted by Crippen LogP contribution is 2.18. The van der Waals surface area contributed by atoms with Crippen LogP contribution in [0.1, 0.15) is 322 Å². The zero-order valence-corrected chi connectivity index (χ0v) is 43.3. The number of carbonyl (C=O) groups is 1. The van der Waals surface area contributed by atoms with Crippen LogP contribution in [0.2, 0.25) is 0 Å². The van der Waals surface area contributed by atoms with Crippen LogP contribution in [0.25, 0.3) is 0 Å². The molecule has 0 rings (SSSR count). The molecule has 6 heteroatoms. The molecule has 1 amide bonds. The molecule has 0 spiro atoms. The molecule has 382 valence electrons. The van der Waals surface area contributed by atoms with Gasteiger partial charge in [-0.3, -0.25) is 4.79 Å². The highest BCUT2D eigenvalue weighted by Gasteiger charge is 2.28. The smallest absolute Gasteiger partial charge is 0.249 e. The molecule has 0 aromatic rings. The van der Waals surface area contributed by atoms with Gasteiger partial charge in [-0.2, -0.15) is 0 Å². The molecule has 6 nitrogen and oxygen atoms in total. The van der Waals surface area contributed by atoms with Gasteiger partial charge in [0.05, 0.1) is 18.8 Å².